The molecule has 1 heterocycles. The van der Waals surface area contributed by atoms with Gasteiger partial charge in [0.05, 0.1) is 5.75 Å². The molecule has 0 aliphatic rings. The van der Waals surface area contributed by atoms with Gasteiger partial charge in [-0.15, -0.1) is 0 Å². The summed E-state index contributed by atoms with van der Waals surface area (Å²) >= 11 is 0. The van der Waals surface area contributed by atoms with E-state index in [-0.39, 0.29) is 16.7 Å². The molecular formula is C10H15NO4S. The number of rotatable bonds is 5. The summed E-state index contributed by atoms with van der Waals surface area (Å²) in [5.41, 5.74) is -0.149. The van der Waals surface area contributed by atoms with Gasteiger partial charge in [0.15, 0.2) is 5.69 Å². The van der Waals surface area contributed by atoms with Gasteiger partial charge in [0.25, 0.3) is 0 Å². The van der Waals surface area contributed by atoms with E-state index in [2.05, 4.69) is 5.16 Å². The standard InChI is InChI=1S/C10H15NO4S/c1-6(2)7(3)16(14)5-8-4-9(10(12)13)11-15-8/h4,6-7H,5H2,1-3H3,(H,12,13). The lowest BCUT2D eigenvalue weighted by Crippen LogP contribution is -2.18. The van der Waals surface area contributed by atoms with Crippen molar-refractivity contribution in [2.24, 2.45) is 5.92 Å². The first kappa shape index (κ1) is 12.9. The van der Waals surface area contributed by atoms with Gasteiger partial charge in [-0.05, 0) is 5.92 Å². The Bertz CT molecular complexity index is 399. The van der Waals surface area contributed by atoms with Crippen molar-refractivity contribution < 1.29 is 18.6 Å². The minimum Gasteiger partial charge on any atom is -0.476 e. The Hall–Kier alpha value is -1.17. The van der Waals surface area contributed by atoms with Crippen molar-refractivity contribution in [3.8, 4) is 0 Å². The summed E-state index contributed by atoms with van der Waals surface area (Å²) in [5, 5.41) is 12.0. The Morgan fingerprint density at radius 1 is 1.56 bits per heavy atom. The fraction of sp³-hybridized carbons (Fsp3) is 0.600. The van der Waals surface area contributed by atoms with Crippen molar-refractivity contribution in [3.63, 3.8) is 0 Å². The molecule has 5 nitrogen and oxygen atoms in total. The molecule has 1 aromatic rings. The second kappa shape index (κ2) is 5.25. The van der Waals surface area contributed by atoms with E-state index in [1.54, 1.807) is 0 Å². The Morgan fingerprint density at radius 3 is 2.62 bits per heavy atom. The smallest absolute Gasteiger partial charge is 0.358 e. The number of carboxylic acid groups (broad SMARTS) is 1. The Morgan fingerprint density at radius 2 is 2.19 bits per heavy atom. The molecule has 0 amide bonds. The van der Waals surface area contributed by atoms with Crippen molar-refractivity contribution in [1.82, 2.24) is 5.16 Å². The molecule has 0 aromatic carbocycles. The lowest BCUT2D eigenvalue weighted by molar-refractivity contribution is 0.0685. The third-order valence-electron chi connectivity index (χ3n) is 2.42. The quantitative estimate of drug-likeness (QED) is 0.853. The molecule has 90 valence electrons. The molecule has 0 bridgehead atoms. The highest BCUT2D eigenvalue weighted by Crippen LogP contribution is 2.14. The van der Waals surface area contributed by atoms with Crippen molar-refractivity contribution in [2.75, 3.05) is 0 Å². The highest BCUT2D eigenvalue weighted by Gasteiger charge is 2.18. The topological polar surface area (TPSA) is 80.4 Å². The number of hydrogen-bond acceptors (Lipinski definition) is 4. The molecule has 0 aliphatic carbocycles. The van der Waals surface area contributed by atoms with E-state index in [0.29, 0.717) is 11.7 Å². The van der Waals surface area contributed by atoms with Gasteiger partial charge in [-0.3, -0.25) is 4.21 Å². The minimum absolute atomic E-state index is 0.0402. The van der Waals surface area contributed by atoms with E-state index in [9.17, 15) is 9.00 Å². The molecule has 0 saturated heterocycles. The monoisotopic (exact) mass is 245 g/mol. The van der Waals surface area contributed by atoms with Crippen LogP contribution >= 0.6 is 0 Å². The fourth-order valence-corrected chi connectivity index (χ4v) is 2.34. The van der Waals surface area contributed by atoms with Crippen LogP contribution in [0.1, 0.15) is 37.0 Å². The van der Waals surface area contributed by atoms with Crippen LogP contribution in [0.15, 0.2) is 10.6 Å². The van der Waals surface area contributed by atoms with Gasteiger partial charge < -0.3 is 9.63 Å². The first-order chi connectivity index (χ1) is 7.41. The summed E-state index contributed by atoms with van der Waals surface area (Å²) in [5.74, 6) is -0.275. The highest BCUT2D eigenvalue weighted by atomic mass is 32.2. The second-order valence-corrected chi connectivity index (χ2v) is 5.75. The number of aromatic carboxylic acids is 1. The molecule has 0 radical (unpaired) electrons. The SMILES string of the molecule is CC(C)C(C)S(=O)Cc1cc(C(=O)O)no1. The minimum atomic E-state index is -1.14. The van der Waals surface area contributed by atoms with Gasteiger partial charge in [0, 0.05) is 22.1 Å². The van der Waals surface area contributed by atoms with Gasteiger partial charge in [-0.1, -0.05) is 25.9 Å². The summed E-state index contributed by atoms with van der Waals surface area (Å²) in [6.07, 6.45) is 0. The van der Waals surface area contributed by atoms with E-state index in [1.165, 1.54) is 6.07 Å². The van der Waals surface area contributed by atoms with Crippen LogP contribution in [-0.2, 0) is 16.6 Å². The molecule has 6 heteroatoms. The van der Waals surface area contributed by atoms with Crippen molar-refractivity contribution in [1.29, 1.82) is 0 Å². The first-order valence-corrected chi connectivity index (χ1v) is 6.36. The summed E-state index contributed by atoms with van der Waals surface area (Å²) in [7, 11) is -1.07. The number of carboxylic acids is 1. The van der Waals surface area contributed by atoms with Crippen LogP contribution in [0.2, 0.25) is 0 Å². The molecule has 0 fully saturated rings. The maximum absolute atomic E-state index is 11.8. The molecular weight excluding hydrogens is 230 g/mol. The number of nitrogens with zero attached hydrogens (tertiary/aromatic N) is 1. The van der Waals surface area contributed by atoms with E-state index in [1.807, 2.05) is 20.8 Å². The lowest BCUT2D eigenvalue weighted by Gasteiger charge is -2.13. The number of aromatic nitrogens is 1. The van der Waals surface area contributed by atoms with E-state index in [4.69, 9.17) is 9.63 Å². The highest BCUT2D eigenvalue weighted by molar-refractivity contribution is 7.84. The zero-order valence-electron chi connectivity index (χ0n) is 9.47. The normalized spacial score (nSPS) is 15.0. The van der Waals surface area contributed by atoms with Gasteiger partial charge in [0.2, 0.25) is 0 Å². The third-order valence-corrected chi connectivity index (χ3v) is 4.36. The van der Waals surface area contributed by atoms with E-state index >= 15 is 0 Å². The first-order valence-electron chi connectivity index (χ1n) is 4.98. The zero-order chi connectivity index (χ0) is 12.3. The summed E-state index contributed by atoms with van der Waals surface area (Å²) in [6.45, 7) is 5.88. The van der Waals surface area contributed by atoms with Crippen LogP contribution in [0.4, 0.5) is 0 Å². The number of hydrogen-bond donors (Lipinski definition) is 1. The van der Waals surface area contributed by atoms with Crippen molar-refractivity contribution in [3.05, 3.63) is 17.5 Å². The molecule has 0 saturated carbocycles. The van der Waals surface area contributed by atoms with Gasteiger partial charge in [0.1, 0.15) is 5.76 Å². The fourth-order valence-electron chi connectivity index (χ4n) is 1.06. The summed E-state index contributed by atoms with van der Waals surface area (Å²) in [6, 6.07) is 1.31. The van der Waals surface area contributed by atoms with Gasteiger partial charge in [-0.2, -0.15) is 0 Å². The van der Waals surface area contributed by atoms with Crippen molar-refractivity contribution >= 4 is 16.8 Å². The Labute approximate surface area is 96.3 Å². The molecule has 0 aliphatic heterocycles. The zero-order valence-corrected chi connectivity index (χ0v) is 10.3. The number of carbonyl (C=O) groups is 1. The predicted molar refractivity (Wildman–Crippen MR) is 59.6 cm³/mol. The summed E-state index contributed by atoms with van der Waals surface area (Å²) < 4.78 is 16.6. The molecule has 1 N–H and O–H groups in total. The van der Waals surface area contributed by atoms with Crippen LogP contribution in [0, 0.1) is 5.92 Å². The van der Waals surface area contributed by atoms with Gasteiger partial charge in [-0.25, -0.2) is 4.79 Å². The average Bonchev–Trinajstić information content (AvgIpc) is 2.64. The lowest BCUT2D eigenvalue weighted by atomic mass is 10.2. The Balaban J connectivity index is 2.66. The van der Waals surface area contributed by atoms with Crippen LogP contribution in [0.25, 0.3) is 0 Å². The molecule has 2 unspecified atom stereocenters. The Kier molecular flexibility index (Phi) is 4.23. The maximum Gasteiger partial charge on any atom is 0.358 e. The van der Waals surface area contributed by atoms with Crippen LogP contribution in [0.3, 0.4) is 0 Å². The van der Waals surface area contributed by atoms with Crippen LogP contribution < -0.4 is 0 Å². The maximum atomic E-state index is 11.8. The average molecular weight is 245 g/mol. The molecule has 0 spiro atoms. The van der Waals surface area contributed by atoms with E-state index in [0.717, 1.165) is 0 Å². The molecule has 1 rings (SSSR count). The van der Waals surface area contributed by atoms with Gasteiger partial charge >= 0.3 is 5.97 Å². The second-order valence-electron chi connectivity index (χ2n) is 3.96. The molecule has 1 aromatic heterocycles. The molecule has 16 heavy (non-hydrogen) atoms. The van der Waals surface area contributed by atoms with E-state index < -0.39 is 16.8 Å². The van der Waals surface area contributed by atoms with Crippen molar-refractivity contribution in [2.45, 2.75) is 31.8 Å². The largest absolute Gasteiger partial charge is 0.476 e. The van der Waals surface area contributed by atoms with Crippen LogP contribution in [-0.4, -0.2) is 25.7 Å². The third kappa shape index (κ3) is 3.16. The van der Waals surface area contributed by atoms with Crippen LogP contribution in [0.5, 0.6) is 0 Å². The summed E-state index contributed by atoms with van der Waals surface area (Å²) in [4.78, 5) is 10.5. The molecule has 2 atom stereocenters. The predicted octanol–water partition coefficient (Wildman–Crippen LogP) is 1.67.